The second-order valence-corrected chi connectivity index (χ2v) is 10.8. The molecule has 0 spiro atoms. The number of nitrogens with one attached hydrogen (secondary N) is 2. The molecule has 0 radical (unpaired) electrons. The average molecular weight is 542 g/mol. The first kappa shape index (κ1) is 28.9. The molecular formula is C33H39N3O4. The molecule has 7 heteroatoms. The molecule has 0 aromatic heterocycles. The number of carboxylic acids is 1. The van der Waals surface area contributed by atoms with Crippen LogP contribution in [0.5, 0.6) is 0 Å². The van der Waals surface area contributed by atoms with E-state index in [1.807, 2.05) is 24.3 Å². The third kappa shape index (κ3) is 7.94. The van der Waals surface area contributed by atoms with Gasteiger partial charge in [-0.05, 0) is 77.8 Å². The first-order chi connectivity index (χ1) is 19.3. The van der Waals surface area contributed by atoms with Crippen LogP contribution >= 0.6 is 0 Å². The van der Waals surface area contributed by atoms with Crippen LogP contribution in [0.4, 0.5) is 16.2 Å². The van der Waals surface area contributed by atoms with Crippen LogP contribution in [-0.4, -0.2) is 29.6 Å². The van der Waals surface area contributed by atoms with E-state index in [1.165, 1.54) is 43.2 Å². The van der Waals surface area contributed by atoms with Gasteiger partial charge in [0.25, 0.3) is 5.91 Å². The van der Waals surface area contributed by atoms with Crippen molar-refractivity contribution >= 4 is 29.3 Å². The number of amides is 3. The lowest BCUT2D eigenvalue weighted by atomic mass is 9.84. The normalized spacial score (nSPS) is 13.6. The van der Waals surface area contributed by atoms with Crippen LogP contribution in [0.15, 0.2) is 72.8 Å². The van der Waals surface area contributed by atoms with Crippen LogP contribution < -0.4 is 15.5 Å². The molecule has 210 valence electrons. The maximum atomic E-state index is 13.6. The fourth-order valence-electron chi connectivity index (χ4n) is 5.11. The van der Waals surface area contributed by atoms with Crippen LogP contribution in [0, 0.1) is 0 Å². The smallest absolute Gasteiger partial charge is 0.326 e. The molecule has 0 saturated heterocycles. The maximum absolute atomic E-state index is 13.6. The number of nitrogens with zero attached hydrogens (tertiary/aromatic N) is 1. The molecule has 1 aliphatic rings. The zero-order valence-electron chi connectivity index (χ0n) is 23.4. The SMILES string of the molecule is CC(C)c1ccc(NC(=O)N(Cc2ccc(C3CCCCC3)cc2)c2ccc(C(=O)NCCC(=O)O)cc2)cc1. The Labute approximate surface area is 236 Å². The number of hydrogen-bond donors (Lipinski definition) is 3. The molecule has 7 nitrogen and oxygen atoms in total. The summed E-state index contributed by atoms with van der Waals surface area (Å²) in [5, 5.41) is 14.4. The van der Waals surface area contributed by atoms with Gasteiger partial charge in [0.2, 0.25) is 0 Å². The van der Waals surface area contributed by atoms with E-state index in [1.54, 1.807) is 29.2 Å². The number of anilines is 2. The van der Waals surface area contributed by atoms with E-state index >= 15 is 0 Å². The van der Waals surface area contributed by atoms with Gasteiger partial charge in [0.05, 0.1) is 13.0 Å². The Morgan fingerprint density at radius 2 is 1.52 bits per heavy atom. The second kappa shape index (κ2) is 13.8. The van der Waals surface area contributed by atoms with Crippen LogP contribution in [-0.2, 0) is 11.3 Å². The summed E-state index contributed by atoms with van der Waals surface area (Å²) >= 11 is 0. The highest BCUT2D eigenvalue weighted by molar-refractivity contribution is 6.02. The quantitative estimate of drug-likeness (QED) is 0.251. The summed E-state index contributed by atoms with van der Waals surface area (Å²) in [6, 6.07) is 23.0. The van der Waals surface area contributed by atoms with Gasteiger partial charge in [-0.3, -0.25) is 14.5 Å². The summed E-state index contributed by atoms with van der Waals surface area (Å²) in [6.07, 6.45) is 6.22. The molecule has 0 bridgehead atoms. The standard InChI is InChI=1S/C33H39N3O4/c1-23(2)25-12-16-29(17-13-25)35-33(40)36(22-24-8-10-27(11-9-24)26-6-4-3-5-7-26)30-18-14-28(15-19-30)32(39)34-21-20-31(37)38/h8-19,23,26H,3-7,20-22H2,1-2H3,(H,34,39)(H,35,40)(H,37,38). The van der Waals surface area contributed by atoms with E-state index in [-0.39, 0.29) is 24.9 Å². The zero-order valence-corrected chi connectivity index (χ0v) is 23.4. The Bertz CT molecular complexity index is 1280. The second-order valence-electron chi connectivity index (χ2n) is 10.8. The van der Waals surface area contributed by atoms with Gasteiger partial charge in [-0.1, -0.05) is 69.5 Å². The van der Waals surface area contributed by atoms with Crippen molar-refractivity contribution in [3.63, 3.8) is 0 Å². The summed E-state index contributed by atoms with van der Waals surface area (Å²) in [5.41, 5.74) is 5.33. The van der Waals surface area contributed by atoms with Crippen LogP contribution in [0.1, 0.15) is 91.3 Å². The largest absolute Gasteiger partial charge is 0.481 e. The highest BCUT2D eigenvalue weighted by Crippen LogP contribution is 2.33. The minimum absolute atomic E-state index is 0.0525. The first-order valence-corrected chi connectivity index (χ1v) is 14.2. The van der Waals surface area contributed by atoms with Crippen molar-refractivity contribution in [3.05, 3.63) is 95.1 Å². The third-order valence-corrected chi connectivity index (χ3v) is 7.54. The molecule has 4 rings (SSSR count). The molecule has 3 N–H and O–H groups in total. The van der Waals surface area contributed by atoms with Gasteiger partial charge in [-0.15, -0.1) is 0 Å². The number of carbonyl (C=O) groups excluding carboxylic acids is 2. The molecule has 0 atom stereocenters. The van der Waals surface area contributed by atoms with Crippen molar-refractivity contribution in [3.8, 4) is 0 Å². The molecule has 3 amide bonds. The number of rotatable bonds is 10. The van der Waals surface area contributed by atoms with Crippen molar-refractivity contribution in [2.45, 2.75) is 70.8 Å². The number of carboxylic acid groups (broad SMARTS) is 1. The Balaban J connectivity index is 1.52. The lowest BCUT2D eigenvalue weighted by Crippen LogP contribution is -2.34. The predicted octanol–water partition coefficient (Wildman–Crippen LogP) is 7.30. The molecular weight excluding hydrogens is 502 g/mol. The topological polar surface area (TPSA) is 98.7 Å². The molecule has 3 aromatic carbocycles. The summed E-state index contributed by atoms with van der Waals surface area (Å²) in [6.45, 7) is 4.68. The van der Waals surface area contributed by atoms with Crippen LogP contribution in [0.3, 0.4) is 0 Å². The summed E-state index contributed by atoms with van der Waals surface area (Å²) in [4.78, 5) is 38.4. The van der Waals surface area contributed by atoms with Gasteiger partial charge in [-0.25, -0.2) is 4.79 Å². The summed E-state index contributed by atoms with van der Waals surface area (Å²) < 4.78 is 0. The van der Waals surface area contributed by atoms with Crippen molar-refractivity contribution in [1.82, 2.24) is 5.32 Å². The van der Waals surface area contributed by atoms with E-state index in [0.717, 1.165) is 5.56 Å². The number of hydrogen-bond acceptors (Lipinski definition) is 3. The number of benzene rings is 3. The molecule has 3 aromatic rings. The molecule has 0 heterocycles. The van der Waals surface area contributed by atoms with Gasteiger partial charge in [0.1, 0.15) is 0 Å². The van der Waals surface area contributed by atoms with Crippen molar-refractivity contribution in [1.29, 1.82) is 0 Å². The average Bonchev–Trinajstić information content (AvgIpc) is 2.97. The molecule has 40 heavy (non-hydrogen) atoms. The highest BCUT2D eigenvalue weighted by Gasteiger charge is 2.19. The van der Waals surface area contributed by atoms with E-state index < -0.39 is 5.97 Å². The number of urea groups is 1. The van der Waals surface area contributed by atoms with Gasteiger partial charge in [-0.2, -0.15) is 0 Å². The first-order valence-electron chi connectivity index (χ1n) is 14.2. The van der Waals surface area contributed by atoms with Crippen LogP contribution in [0.2, 0.25) is 0 Å². The monoisotopic (exact) mass is 541 g/mol. The number of carbonyl (C=O) groups is 3. The van der Waals surface area contributed by atoms with Crippen molar-refractivity contribution in [2.75, 3.05) is 16.8 Å². The minimum atomic E-state index is -0.970. The van der Waals surface area contributed by atoms with Crippen molar-refractivity contribution in [2.24, 2.45) is 0 Å². The van der Waals surface area contributed by atoms with E-state index in [0.29, 0.717) is 35.3 Å². The van der Waals surface area contributed by atoms with E-state index in [4.69, 9.17) is 5.11 Å². The van der Waals surface area contributed by atoms with Crippen molar-refractivity contribution < 1.29 is 19.5 Å². The fraction of sp³-hybridized carbons (Fsp3) is 0.364. The summed E-state index contributed by atoms with van der Waals surface area (Å²) in [5.74, 6) is -0.307. The summed E-state index contributed by atoms with van der Waals surface area (Å²) in [7, 11) is 0. The lowest BCUT2D eigenvalue weighted by molar-refractivity contribution is -0.136. The Hall–Kier alpha value is -4.13. The molecule has 0 unspecified atom stereocenters. The molecule has 1 saturated carbocycles. The fourth-order valence-corrected chi connectivity index (χ4v) is 5.11. The van der Waals surface area contributed by atoms with E-state index in [9.17, 15) is 14.4 Å². The lowest BCUT2D eigenvalue weighted by Gasteiger charge is -2.25. The Morgan fingerprint density at radius 3 is 2.12 bits per heavy atom. The molecule has 1 fully saturated rings. The highest BCUT2D eigenvalue weighted by atomic mass is 16.4. The number of aliphatic carboxylic acids is 1. The molecule has 0 aliphatic heterocycles. The van der Waals surface area contributed by atoms with Crippen LogP contribution in [0.25, 0.3) is 0 Å². The maximum Gasteiger partial charge on any atom is 0.326 e. The van der Waals surface area contributed by atoms with Gasteiger partial charge >= 0.3 is 12.0 Å². The van der Waals surface area contributed by atoms with Gasteiger partial charge in [0.15, 0.2) is 0 Å². The van der Waals surface area contributed by atoms with Gasteiger partial charge < -0.3 is 15.7 Å². The Kier molecular flexibility index (Phi) is 9.95. The van der Waals surface area contributed by atoms with Gasteiger partial charge in [0, 0.05) is 23.5 Å². The van der Waals surface area contributed by atoms with E-state index in [2.05, 4.69) is 48.7 Å². The molecule has 1 aliphatic carbocycles. The predicted molar refractivity (Wildman–Crippen MR) is 159 cm³/mol. The minimum Gasteiger partial charge on any atom is -0.481 e. The zero-order chi connectivity index (χ0) is 28.5. The Morgan fingerprint density at radius 1 is 0.875 bits per heavy atom. The third-order valence-electron chi connectivity index (χ3n) is 7.54.